The van der Waals surface area contributed by atoms with Crippen LogP contribution in [0, 0.1) is 0 Å². The van der Waals surface area contributed by atoms with E-state index < -0.39 is 15.6 Å². The first kappa shape index (κ1) is 17.7. The summed E-state index contributed by atoms with van der Waals surface area (Å²) in [6.07, 6.45) is 0. The van der Waals surface area contributed by atoms with Gasteiger partial charge < -0.3 is 5.32 Å². The molecular formula is C13H20Cl2N2O2S. The van der Waals surface area contributed by atoms with E-state index in [9.17, 15) is 8.42 Å². The fraction of sp³-hybridized carbons (Fsp3) is 0.538. The summed E-state index contributed by atoms with van der Waals surface area (Å²) in [5.74, 6) is 0. The fourth-order valence-electron chi connectivity index (χ4n) is 1.65. The van der Waals surface area contributed by atoms with Crippen LogP contribution in [0.5, 0.6) is 0 Å². The molecule has 20 heavy (non-hydrogen) atoms. The standard InChI is InChI=1S/C13H20Cl2N2O2S/c1-5-16-8-9-10(14)6-7-11(12(9)15)20(18,19)17-13(2,3)4/h6-7,16-17H,5,8H2,1-4H3. The molecule has 0 aliphatic heterocycles. The third kappa shape index (κ3) is 4.60. The molecule has 0 amide bonds. The van der Waals surface area contributed by atoms with Gasteiger partial charge in [0.15, 0.2) is 0 Å². The smallest absolute Gasteiger partial charge is 0.242 e. The first-order valence-electron chi connectivity index (χ1n) is 6.30. The SMILES string of the molecule is CCNCc1c(Cl)ccc(S(=O)(=O)NC(C)(C)C)c1Cl. The molecule has 0 aromatic heterocycles. The number of halogens is 2. The summed E-state index contributed by atoms with van der Waals surface area (Å²) in [4.78, 5) is 0.0476. The maximum atomic E-state index is 12.3. The molecule has 0 aliphatic rings. The zero-order chi connectivity index (χ0) is 15.6. The molecule has 0 aliphatic carbocycles. The van der Waals surface area contributed by atoms with Crippen LogP contribution < -0.4 is 10.0 Å². The molecule has 0 saturated heterocycles. The van der Waals surface area contributed by atoms with E-state index >= 15 is 0 Å². The number of hydrogen-bond donors (Lipinski definition) is 2. The molecule has 0 fully saturated rings. The lowest BCUT2D eigenvalue weighted by molar-refractivity contribution is 0.491. The van der Waals surface area contributed by atoms with Crippen molar-refractivity contribution in [3.05, 3.63) is 27.7 Å². The van der Waals surface area contributed by atoms with Crippen molar-refractivity contribution in [2.75, 3.05) is 6.54 Å². The molecule has 0 heterocycles. The molecule has 2 N–H and O–H groups in total. The van der Waals surface area contributed by atoms with Crippen LogP contribution in [0.1, 0.15) is 33.3 Å². The Morgan fingerprint density at radius 2 is 1.80 bits per heavy atom. The van der Waals surface area contributed by atoms with Crippen molar-refractivity contribution in [3.63, 3.8) is 0 Å². The van der Waals surface area contributed by atoms with Crippen LogP contribution in [0.25, 0.3) is 0 Å². The van der Waals surface area contributed by atoms with Crippen molar-refractivity contribution in [3.8, 4) is 0 Å². The molecule has 0 spiro atoms. The van der Waals surface area contributed by atoms with Crippen molar-refractivity contribution in [2.24, 2.45) is 0 Å². The molecule has 0 bridgehead atoms. The third-order valence-electron chi connectivity index (χ3n) is 2.43. The number of sulfonamides is 1. The molecule has 114 valence electrons. The zero-order valence-corrected chi connectivity index (χ0v) is 14.4. The molecule has 7 heteroatoms. The van der Waals surface area contributed by atoms with Crippen molar-refractivity contribution in [2.45, 2.75) is 44.7 Å². The molecule has 1 aromatic carbocycles. The summed E-state index contributed by atoms with van der Waals surface area (Å²) in [5.41, 5.74) is 0.0101. The maximum Gasteiger partial charge on any atom is 0.242 e. The second kappa shape index (κ2) is 6.62. The van der Waals surface area contributed by atoms with Gasteiger partial charge in [0.05, 0.1) is 5.02 Å². The number of benzene rings is 1. The monoisotopic (exact) mass is 338 g/mol. The minimum absolute atomic E-state index is 0.0476. The van der Waals surface area contributed by atoms with Crippen LogP contribution in [-0.2, 0) is 16.6 Å². The van der Waals surface area contributed by atoms with E-state index in [0.717, 1.165) is 6.54 Å². The lowest BCUT2D eigenvalue weighted by atomic mass is 10.1. The Morgan fingerprint density at radius 3 is 2.30 bits per heavy atom. The highest BCUT2D eigenvalue weighted by atomic mass is 35.5. The largest absolute Gasteiger partial charge is 0.313 e. The maximum absolute atomic E-state index is 12.3. The quantitative estimate of drug-likeness (QED) is 0.866. The molecule has 1 aromatic rings. The predicted octanol–water partition coefficient (Wildman–Crippen LogP) is 3.18. The highest BCUT2D eigenvalue weighted by Gasteiger charge is 2.26. The van der Waals surface area contributed by atoms with Crippen LogP contribution in [0.15, 0.2) is 17.0 Å². The van der Waals surface area contributed by atoms with E-state index in [1.165, 1.54) is 6.07 Å². The summed E-state index contributed by atoms with van der Waals surface area (Å²) in [6.45, 7) is 8.43. The Labute approximate surface area is 130 Å². The van der Waals surface area contributed by atoms with Gasteiger partial charge in [0, 0.05) is 22.7 Å². The number of nitrogens with one attached hydrogen (secondary N) is 2. The van der Waals surface area contributed by atoms with Crippen LogP contribution in [-0.4, -0.2) is 20.5 Å². The second-order valence-corrected chi connectivity index (χ2v) is 7.91. The van der Waals surface area contributed by atoms with Gasteiger partial charge in [0.2, 0.25) is 10.0 Å². The Kier molecular flexibility index (Phi) is 5.87. The normalized spacial score (nSPS) is 12.7. The average molecular weight is 339 g/mol. The third-order valence-corrected chi connectivity index (χ3v) is 5.13. The van der Waals surface area contributed by atoms with E-state index in [-0.39, 0.29) is 9.92 Å². The highest BCUT2D eigenvalue weighted by Crippen LogP contribution is 2.31. The van der Waals surface area contributed by atoms with Gasteiger partial charge >= 0.3 is 0 Å². The van der Waals surface area contributed by atoms with Gasteiger partial charge in [0.1, 0.15) is 4.90 Å². The van der Waals surface area contributed by atoms with E-state index in [1.807, 2.05) is 6.92 Å². The van der Waals surface area contributed by atoms with Crippen molar-refractivity contribution >= 4 is 33.2 Å². The summed E-state index contributed by atoms with van der Waals surface area (Å²) >= 11 is 12.3. The van der Waals surface area contributed by atoms with Crippen molar-refractivity contribution in [1.29, 1.82) is 0 Å². The summed E-state index contributed by atoms with van der Waals surface area (Å²) in [7, 11) is -3.68. The summed E-state index contributed by atoms with van der Waals surface area (Å²) < 4.78 is 27.3. The Morgan fingerprint density at radius 1 is 1.20 bits per heavy atom. The molecule has 0 unspecified atom stereocenters. The van der Waals surface area contributed by atoms with Crippen LogP contribution >= 0.6 is 23.2 Å². The van der Waals surface area contributed by atoms with Crippen molar-refractivity contribution < 1.29 is 8.42 Å². The average Bonchev–Trinajstić information content (AvgIpc) is 2.25. The summed E-state index contributed by atoms with van der Waals surface area (Å²) in [5, 5.41) is 3.70. The van der Waals surface area contributed by atoms with Gasteiger partial charge in [0.25, 0.3) is 0 Å². The molecule has 1 rings (SSSR count). The predicted molar refractivity (Wildman–Crippen MR) is 83.9 cm³/mol. The molecule has 0 radical (unpaired) electrons. The molecule has 0 atom stereocenters. The van der Waals surface area contributed by atoms with E-state index in [1.54, 1.807) is 26.8 Å². The Bertz CT molecular complexity index is 581. The fourth-order valence-corrected chi connectivity index (χ4v) is 3.99. The van der Waals surface area contributed by atoms with Crippen LogP contribution in [0.3, 0.4) is 0 Å². The van der Waals surface area contributed by atoms with Crippen LogP contribution in [0.2, 0.25) is 10.0 Å². The van der Waals surface area contributed by atoms with Gasteiger partial charge in [-0.1, -0.05) is 30.1 Å². The Balaban J connectivity index is 3.26. The first-order valence-corrected chi connectivity index (χ1v) is 8.54. The van der Waals surface area contributed by atoms with Gasteiger partial charge in [-0.15, -0.1) is 0 Å². The lowest BCUT2D eigenvalue weighted by Gasteiger charge is -2.21. The number of hydrogen-bond acceptors (Lipinski definition) is 3. The highest BCUT2D eigenvalue weighted by molar-refractivity contribution is 7.89. The van der Waals surface area contributed by atoms with Gasteiger partial charge in [-0.25, -0.2) is 13.1 Å². The topological polar surface area (TPSA) is 58.2 Å². The van der Waals surface area contributed by atoms with Gasteiger partial charge in [-0.05, 0) is 39.4 Å². The van der Waals surface area contributed by atoms with E-state index in [4.69, 9.17) is 23.2 Å². The van der Waals surface area contributed by atoms with Crippen molar-refractivity contribution in [1.82, 2.24) is 10.0 Å². The Hall–Kier alpha value is -0.330. The minimum Gasteiger partial charge on any atom is -0.313 e. The zero-order valence-electron chi connectivity index (χ0n) is 12.0. The van der Waals surface area contributed by atoms with E-state index in [0.29, 0.717) is 17.1 Å². The van der Waals surface area contributed by atoms with E-state index in [2.05, 4.69) is 10.0 Å². The van der Waals surface area contributed by atoms with Gasteiger partial charge in [-0.2, -0.15) is 0 Å². The molecular weight excluding hydrogens is 319 g/mol. The molecule has 0 saturated carbocycles. The van der Waals surface area contributed by atoms with Gasteiger partial charge in [-0.3, -0.25) is 0 Å². The minimum atomic E-state index is -3.68. The second-order valence-electron chi connectivity index (χ2n) is 5.47. The summed E-state index contributed by atoms with van der Waals surface area (Å²) in [6, 6.07) is 2.98. The lowest BCUT2D eigenvalue weighted by Crippen LogP contribution is -2.40. The first-order chi connectivity index (χ1) is 9.08. The number of rotatable bonds is 5. The van der Waals surface area contributed by atoms with Crippen LogP contribution in [0.4, 0.5) is 0 Å². The molecule has 4 nitrogen and oxygen atoms in total.